The van der Waals surface area contributed by atoms with Crippen LogP contribution < -0.4 is 11.1 Å². The molecule has 6 nitrogen and oxygen atoms in total. The minimum absolute atomic E-state index is 0.170. The third-order valence-corrected chi connectivity index (χ3v) is 4.78. The largest absolute Gasteiger partial charge is 0.365 e. The van der Waals surface area contributed by atoms with E-state index in [0.29, 0.717) is 42.6 Å². The third kappa shape index (κ3) is 4.36. The van der Waals surface area contributed by atoms with Crippen molar-refractivity contribution >= 4 is 17.7 Å². The first-order valence-electron chi connectivity index (χ1n) is 9.22. The van der Waals surface area contributed by atoms with E-state index in [1.807, 2.05) is 4.90 Å². The maximum absolute atomic E-state index is 13.9. The van der Waals surface area contributed by atoms with E-state index in [1.165, 1.54) is 12.1 Å². The SMILES string of the molecule is NC(=O)c1c(F)cccc1-c1ccc(C(=O)NCCCN2CCCC2=O)cc1. The van der Waals surface area contributed by atoms with Gasteiger partial charge in [0, 0.05) is 31.6 Å². The summed E-state index contributed by atoms with van der Waals surface area (Å²) >= 11 is 0. The summed E-state index contributed by atoms with van der Waals surface area (Å²) in [6, 6.07) is 10.8. The van der Waals surface area contributed by atoms with Crippen molar-refractivity contribution in [1.82, 2.24) is 10.2 Å². The Balaban J connectivity index is 1.60. The lowest BCUT2D eigenvalue weighted by atomic mass is 9.97. The molecule has 0 unspecified atom stereocenters. The molecule has 2 aromatic carbocycles. The topological polar surface area (TPSA) is 92.5 Å². The van der Waals surface area contributed by atoms with Gasteiger partial charge in [-0.05, 0) is 42.2 Å². The van der Waals surface area contributed by atoms with Gasteiger partial charge in [0.25, 0.3) is 11.8 Å². The summed E-state index contributed by atoms with van der Waals surface area (Å²) in [6.07, 6.45) is 2.21. The van der Waals surface area contributed by atoms with Gasteiger partial charge in [-0.2, -0.15) is 0 Å². The molecule has 0 radical (unpaired) electrons. The maximum atomic E-state index is 13.9. The van der Waals surface area contributed by atoms with Gasteiger partial charge in [-0.3, -0.25) is 14.4 Å². The van der Waals surface area contributed by atoms with Crippen molar-refractivity contribution in [2.45, 2.75) is 19.3 Å². The smallest absolute Gasteiger partial charge is 0.252 e. The molecule has 1 heterocycles. The zero-order valence-corrected chi connectivity index (χ0v) is 15.4. The van der Waals surface area contributed by atoms with E-state index in [0.717, 1.165) is 13.0 Å². The standard InChI is InChI=1S/C21H22FN3O3/c22-17-5-1-4-16(19(17)20(23)27)14-7-9-15(10-8-14)21(28)24-11-3-13-25-12-2-6-18(25)26/h1,4-5,7-10H,2-3,6,11-13H2,(H2,23,27)(H,24,28). The van der Waals surface area contributed by atoms with Crippen molar-refractivity contribution < 1.29 is 18.8 Å². The van der Waals surface area contributed by atoms with Crippen LogP contribution in [0.2, 0.25) is 0 Å². The monoisotopic (exact) mass is 383 g/mol. The van der Waals surface area contributed by atoms with Crippen molar-refractivity contribution in [3.8, 4) is 11.1 Å². The van der Waals surface area contributed by atoms with Gasteiger partial charge in [0.2, 0.25) is 5.91 Å². The van der Waals surface area contributed by atoms with E-state index in [2.05, 4.69) is 5.32 Å². The predicted molar refractivity (Wildman–Crippen MR) is 103 cm³/mol. The lowest BCUT2D eigenvalue weighted by molar-refractivity contribution is -0.127. The number of primary amides is 1. The summed E-state index contributed by atoms with van der Waals surface area (Å²) in [5.74, 6) is -1.57. The Hall–Kier alpha value is -3.22. The number of hydrogen-bond donors (Lipinski definition) is 2. The lowest BCUT2D eigenvalue weighted by Gasteiger charge is -2.15. The van der Waals surface area contributed by atoms with Gasteiger partial charge in [-0.25, -0.2) is 4.39 Å². The number of nitrogens with zero attached hydrogens (tertiary/aromatic N) is 1. The summed E-state index contributed by atoms with van der Waals surface area (Å²) < 4.78 is 13.9. The molecule has 0 spiro atoms. The molecular formula is C21H22FN3O3. The minimum atomic E-state index is -0.841. The molecule has 0 aromatic heterocycles. The van der Waals surface area contributed by atoms with E-state index in [-0.39, 0.29) is 17.4 Å². The molecule has 1 aliphatic heterocycles. The fourth-order valence-corrected chi connectivity index (χ4v) is 3.33. The van der Waals surface area contributed by atoms with Crippen LogP contribution in [0.15, 0.2) is 42.5 Å². The number of rotatable bonds is 7. The number of carbonyl (C=O) groups is 3. The number of nitrogens with one attached hydrogen (secondary N) is 1. The van der Waals surface area contributed by atoms with Crippen LogP contribution in [0.1, 0.15) is 40.0 Å². The summed E-state index contributed by atoms with van der Waals surface area (Å²) in [7, 11) is 0. The van der Waals surface area contributed by atoms with Gasteiger partial charge in [0.15, 0.2) is 0 Å². The quantitative estimate of drug-likeness (QED) is 0.719. The zero-order valence-electron chi connectivity index (χ0n) is 15.4. The summed E-state index contributed by atoms with van der Waals surface area (Å²) in [4.78, 5) is 37.2. The first-order chi connectivity index (χ1) is 13.5. The highest BCUT2D eigenvalue weighted by Crippen LogP contribution is 2.26. The Labute approximate surface area is 162 Å². The zero-order chi connectivity index (χ0) is 20.1. The lowest BCUT2D eigenvalue weighted by Crippen LogP contribution is -2.30. The number of likely N-dealkylation sites (tertiary alicyclic amines) is 1. The Kier molecular flexibility index (Phi) is 6.03. The van der Waals surface area contributed by atoms with Crippen LogP contribution in [0.5, 0.6) is 0 Å². The molecule has 146 valence electrons. The van der Waals surface area contributed by atoms with Crippen LogP contribution in [0, 0.1) is 5.82 Å². The summed E-state index contributed by atoms with van der Waals surface area (Å²) in [6.45, 7) is 1.91. The van der Waals surface area contributed by atoms with Crippen molar-refractivity contribution in [3.05, 3.63) is 59.4 Å². The van der Waals surface area contributed by atoms with Crippen LogP contribution in [0.4, 0.5) is 4.39 Å². The second-order valence-corrected chi connectivity index (χ2v) is 6.70. The van der Waals surface area contributed by atoms with Crippen molar-refractivity contribution in [3.63, 3.8) is 0 Å². The molecule has 1 saturated heterocycles. The van der Waals surface area contributed by atoms with E-state index in [1.54, 1.807) is 30.3 Å². The van der Waals surface area contributed by atoms with Crippen LogP contribution in [0.25, 0.3) is 11.1 Å². The van der Waals surface area contributed by atoms with E-state index >= 15 is 0 Å². The first kappa shape index (κ1) is 19.5. The number of hydrogen-bond acceptors (Lipinski definition) is 3. The fourth-order valence-electron chi connectivity index (χ4n) is 3.33. The molecule has 0 atom stereocenters. The van der Waals surface area contributed by atoms with Crippen LogP contribution in [0.3, 0.4) is 0 Å². The molecule has 0 bridgehead atoms. The predicted octanol–water partition coefficient (Wildman–Crippen LogP) is 2.33. The van der Waals surface area contributed by atoms with Crippen LogP contribution in [-0.2, 0) is 4.79 Å². The van der Waals surface area contributed by atoms with E-state index in [9.17, 15) is 18.8 Å². The van der Waals surface area contributed by atoms with Crippen molar-refractivity contribution in [1.29, 1.82) is 0 Å². The molecule has 3 N–H and O–H groups in total. The van der Waals surface area contributed by atoms with Gasteiger partial charge in [-0.15, -0.1) is 0 Å². The average Bonchev–Trinajstić information content (AvgIpc) is 3.09. The molecule has 3 amide bonds. The molecule has 7 heteroatoms. The summed E-state index contributed by atoms with van der Waals surface area (Å²) in [5, 5.41) is 2.82. The number of halogens is 1. The Morgan fingerprint density at radius 1 is 1.14 bits per heavy atom. The second-order valence-electron chi connectivity index (χ2n) is 6.70. The molecule has 3 rings (SSSR count). The molecule has 0 saturated carbocycles. The van der Waals surface area contributed by atoms with Crippen molar-refractivity contribution in [2.24, 2.45) is 5.73 Å². The van der Waals surface area contributed by atoms with Crippen molar-refractivity contribution in [2.75, 3.05) is 19.6 Å². The average molecular weight is 383 g/mol. The van der Waals surface area contributed by atoms with Gasteiger partial charge >= 0.3 is 0 Å². The minimum Gasteiger partial charge on any atom is -0.365 e. The molecule has 1 fully saturated rings. The van der Waals surface area contributed by atoms with E-state index < -0.39 is 11.7 Å². The second kappa shape index (κ2) is 8.65. The van der Waals surface area contributed by atoms with Gasteiger partial charge in [-0.1, -0.05) is 24.3 Å². The Bertz CT molecular complexity index is 896. The molecule has 2 aromatic rings. The maximum Gasteiger partial charge on any atom is 0.252 e. The van der Waals surface area contributed by atoms with Gasteiger partial charge < -0.3 is 16.0 Å². The molecule has 28 heavy (non-hydrogen) atoms. The van der Waals surface area contributed by atoms with E-state index in [4.69, 9.17) is 5.73 Å². The highest BCUT2D eigenvalue weighted by molar-refractivity contribution is 6.00. The number of benzene rings is 2. The number of carbonyl (C=O) groups excluding carboxylic acids is 3. The highest BCUT2D eigenvalue weighted by atomic mass is 19.1. The first-order valence-corrected chi connectivity index (χ1v) is 9.22. The molecule has 1 aliphatic rings. The van der Waals surface area contributed by atoms with Crippen LogP contribution in [-0.4, -0.2) is 42.3 Å². The number of amides is 3. The molecule has 0 aliphatic carbocycles. The Morgan fingerprint density at radius 2 is 1.89 bits per heavy atom. The van der Waals surface area contributed by atoms with Gasteiger partial charge in [0.1, 0.15) is 5.82 Å². The normalized spacial score (nSPS) is 13.6. The Morgan fingerprint density at radius 3 is 2.54 bits per heavy atom. The fraction of sp³-hybridized carbons (Fsp3) is 0.286. The third-order valence-electron chi connectivity index (χ3n) is 4.78. The summed E-state index contributed by atoms with van der Waals surface area (Å²) in [5.41, 5.74) is 6.55. The molecular weight excluding hydrogens is 361 g/mol. The van der Waals surface area contributed by atoms with Crippen LogP contribution >= 0.6 is 0 Å². The highest BCUT2D eigenvalue weighted by Gasteiger charge is 2.19. The number of nitrogens with two attached hydrogens (primary N) is 1. The van der Waals surface area contributed by atoms with Gasteiger partial charge in [0.05, 0.1) is 5.56 Å².